The van der Waals surface area contributed by atoms with Crippen LogP contribution in [0.4, 0.5) is 5.69 Å². The summed E-state index contributed by atoms with van der Waals surface area (Å²) in [5.41, 5.74) is 3.82. The topological polar surface area (TPSA) is 73.9 Å². The van der Waals surface area contributed by atoms with Crippen molar-refractivity contribution in [2.75, 3.05) is 51.3 Å². The average molecular weight is 389 g/mol. The highest BCUT2D eigenvalue weighted by atomic mass is 16.5. The second-order valence-electron chi connectivity index (χ2n) is 7.92. The first-order valence-corrected chi connectivity index (χ1v) is 10.2. The van der Waals surface area contributed by atoms with Gasteiger partial charge in [-0.3, -0.25) is 14.5 Å². The van der Waals surface area contributed by atoms with Crippen molar-refractivity contribution in [2.24, 2.45) is 0 Å². The zero-order valence-electron chi connectivity index (χ0n) is 17.2. The number of fused-ring (bicyclic) bond motifs is 1. The Labute approximate surface area is 167 Å². The van der Waals surface area contributed by atoms with Crippen molar-refractivity contribution in [1.82, 2.24) is 15.5 Å². The van der Waals surface area contributed by atoms with E-state index < -0.39 is 11.8 Å². The third kappa shape index (κ3) is 5.02. The fourth-order valence-electron chi connectivity index (χ4n) is 3.96. The number of ether oxygens (including phenoxy) is 1. The standard InChI is InChI=1S/C21H32N4O3/c1-15(2)23-21(27)20(26)22-14-19(25-9-11-28-12-10-25)17-6-7-18-16(13-17)5-4-8-24(18)3/h6-7,13,15,19H,4-5,8-12,14H2,1-3H3,(H,22,26)(H,23,27). The molecule has 1 unspecified atom stereocenters. The molecule has 2 aliphatic heterocycles. The molecule has 1 aromatic carbocycles. The molecule has 0 spiro atoms. The molecule has 0 aromatic heterocycles. The summed E-state index contributed by atoms with van der Waals surface area (Å²) in [4.78, 5) is 28.8. The average Bonchev–Trinajstić information content (AvgIpc) is 2.68. The summed E-state index contributed by atoms with van der Waals surface area (Å²) in [7, 11) is 2.13. The number of hydrogen-bond acceptors (Lipinski definition) is 5. The van der Waals surface area contributed by atoms with Gasteiger partial charge in [-0.15, -0.1) is 0 Å². The highest BCUT2D eigenvalue weighted by molar-refractivity contribution is 6.35. The number of amides is 2. The molecule has 2 heterocycles. The molecule has 1 aromatic rings. The quantitative estimate of drug-likeness (QED) is 0.739. The van der Waals surface area contributed by atoms with Gasteiger partial charge in [-0.25, -0.2) is 0 Å². The van der Waals surface area contributed by atoms with Crippen LogP contribution in [-0.4, -0.2) is 69.2 Å². The van der Waals surface area contributed by atoms with E-state index in [0.29, 0.717) is 19.8 Å². The van der Waals surface area contributed by atoms with Crippen LogP contribution in [0.1, 0.15) is 37.4 Å². The molecule has 0 aliphatic carbocycles. The molecule has 1 saturated heterocycles. The second kappa shape index (κ2) is 9.39. The van der Waals surface area contributed by atoms with Crippen LogP contribution >= 0.6 is 0 Å². The summed E-state index contributed by atoms with van der Waals surface area (Å²) in [6.45, 7) is 8.17. The van der Waals surface area contributed by atoms with Gasteiger partial charge in [-0.1, -0.05) is 12.1 Å². The van der Waals surface area contributed by atoms with E-state index in [2.05, 4.69) is 45.7 Å². The van der Waals surface area contributed by atoms with E-state index in [0.717, 1.165) is 32.5 Å². The van der Waals surface area contributed by atoms with Gasteiger partial charge in [0.15, 0.2) is 0 Å². The third-order valence-electron chi connectivity index (χ3n) is 5.41. The number of morpholine rings is 1. The minimum absolute atomic E-state index is 0.0252. The van der Waals surface area contributed by atoms with Crippen molar-refractivity contribution in [1.29, 1.82) is 0 Å². The van der Waals surface area contributed by atoms with Crippen LogP contribution in [0.2, 0.25) is 0 Å². The zero-order valence-corrected chi connectivity index (χ0v) is 17.2. The van der Waals surface area contributed by atoms with Gasteiger partial charge in [-0.2, -0.15) is 0 Å². The van der Waals surface area contributed by atoms with Gasteiger partial charge in [0.25, 0.3) is 0 Å². The number of aryl methyl sites for hydroxylation is 1. The predicted molar refractivity (Wildman–Crippen MR) is 109 cm³/mol. The summed E-state index contributed by atoms with van der Waals surface area (Å²) in [6.07, 6.45) is 2.23. The maximum atomic E-state index is 12.2. The van der Waals surface area contributed by atoms with Gasteiger partial charge < -0.3 is 20.3 Å². The van der Waals surface area contributed by atoms with E-state index in [9.17, 15) is 9.59 Å². The Balaban J connectivity index is 1.76. The first-order chi connectivity index (χ1) is 13.5. The largest absolute Gasteiger partial charge is 0.379 e. The van der Waals surface area contributed by atoms with Crippen molar-refractivity contribution in [2.45, 2.75) is 38.8 Å². The van der Waals surface area contributed by atoms with Gasteiger partial charge in [0.05, 0.1) is 19.3 Å². The lowest BCUT2D eigenvalue weighted by Gasteiger charge is -2.36. The van der Waals surface area contributed by atoms with Crippen LogP contribution in [0.25, 0.3) is 0 Å². The van der Waals surface area contributed by atoms with Gasteiger partial charge in [0, 0.05) is 45.0 Å². The number of carbonyl (C=O) groups excluding carboxylic acids is 2. The lowest BCUT2D eigenvalue weighted by atomic mass is 9.95. The third-order valence-corrected chi connectivity index (χ3v) is 5.41. The SMILES string of the molecule is CC(C)NC(=O)C(=O)NCC(c1ccc2c(c1)CCCN2C)N1CCOCC1. The smallest absolute Gasteiger partial charge is 0.309 e. The number of carbonyl (C=O) groups is 2. The zero-order chi connectivity index (χ0) is 20.1. The molecule has 0 saturated carbocycles. The molecular weight excluding hydrogens is 356 g/mol. The molecule has 2 aliphatic rings. The Hall–Kier alpha value is -2.12. The fraction of sp³-hybridized carbons (Fsp3) is 0.619. The minimum atomic E-state index is -0.581. The molecule has 28 heavy (non-hydrogen) atoms. The van der Waals surface area contributed by atoms with Crippen molar-refractivity contribution < 1.29 is 14.3 Å². The van der Waals surface area contributed by atoms with E-state index in [4.69, 9.17) is 4.74 Å². The Morgan fingerprint density at radius 3 is 2.61 bits per heavy atom. The van der Waals surface area contributed by atoms with E-state index >= 15 is 0 Å². The fourth-order valence-corrected chi connectivity index (χ4v) is 3.96. The number of anilines is 1. The first kappa shape index (κ1) is 20.6. The van der Waals surface area contributed by atoms with Gasteiger partial charge in [0.1, 0.15) is 0 Å². The molecule has 0 radical (unpaired) electrons. The summed E-state index contributed by atoms with van der Waals surface area (Å²) < 4.78 is 5.50. The highest BCUT2D eigenvalue weighted by Gasteiger charge is 2.26. The van der Waals surface area contributed by atoms with Crippen molar-refractivity contribution in [3.05, 3.63) is 29.3 Å². The minimum Gasteiger partial charge on any atom is -0.379 e. The van der Waals surface area contributed by atoms with Crippen LogP contribution in [-0.2, 0) is 20.7 Å². The van der Waals surface area contributed by atoms with Gasteiger partial charge >= 0.3 is 11.8 Å². The summed E-state index contributed by atoms with van der Waals surface area (Å²) in [5.74, 6) is -1.16. The van der Waals surface area contributed by atoms with Crippen LogP contribution in [0.15, 0.2) is 18.2 Å². The van der Waals surface area contributed by atoms with E-state index in [1.54, 1.807) is 0 Å². The number of benzene rings is 1. The van der Waals surface area contributed by atoms with E-state index in [1.165, 1.54) is 16.8 Å². The molecule has 2 N–H and O–H groups in total. The molecule has 1 fully saturated rings. The summed E-state index contributed by atoms with van der Waals surface area (Å²) in [5, 5.41) is 5.47. The molecule has 2 amide bonds. The maximum Gasteiger partial charge on any atom is 0.309 e. The van der Waals surface area contributed by atoms with Crippen LogP contribution < -0.4 is 15.5 Å². The monoisotopic (exact) mass is 388 g/mol. The molecule has 3 rings (SSSR count). The lowest BCUT2D eigenvalue weighted by Crippen LogP contribution is -2.47. The van der Waals surface area contributed by atoms with Crippen LogP contribution in [0.3, 0.4) is 0 Å². The molecule has 1 atom stereocenters. The Kier molecular flexibility index (Phi) is 6.91. The predicted octanol–water partition coefficient (Wildman–Crippen LogP) is 1.08. The molecular formula is C21H32N4O3. The van der Waals surface area contributed by atoms with E-state index in [-0.39, 0.29) is 12.1 Å². The maximum absolute atomic E-state index is 12.2. The normalized spacial score (nSPS) is 18.5. The molecule has 154 valence electrons. The van der Waals surface area contributed by atoms with Gasteiger partial charge in [-0.05, 0) is 43.9 Å². The van der Waals surface area contributed by atoms with E-state index in [1.807, 2.05) is 13.8 Å². The Bertz CT molecular complexity index is 701. The molecule has 7 nitrogen and oxygen atoms in total. The second-order valence-corrected chi connectivity index (χ2v) is 7.92. The highest BCUT2D eigenvalue weighted by Crippen LogP contribution is 2.30. The first-order valence-electron chi connectivity index (χ1n) is 10.2. The lowest BCUT2D eigenvalue weighted by molar-refractivity contribution is -0.139. The Morgan fingerprint density at radius 1 is 1.14 bits per heavy atom. The number of nitrogens with one attached hydrogen (secondary N) is 2. The van der Waals surface area contributed by atoms with Crippen molar-refractivity contribution in [3.8, 4) is 0 Å². The van der Waals surface area contributed by atoms with Crippen molar-refractivity contribution >= 4 is 17.5 Å². The van der Waals surface area contributed by atoms with Crippen LogP contribution in [0.5, 0.6) is 0 Å². The number of hydrogen-bond donors (Lipinski definition) is 2. The molecule has 7 heteroatoms. The molecule has 0 bridgehead atoms. The van der Waals surface area contributed by atoms with Crippen molar-refractivity contribution in [3.63, 3.8) is 0 Å². The number of nitrogens with zero attached hydrogens (tertiary/aromatic N) is 2. The Morgan fingerprint density at radius 2 is 1.89 bits per heavy atom. The summed E-state index contributed by atoms with van der Waals surface area (Å²) in [6, 6.07) is 6.57. The van der Waals surface area contributed by atoms with Crippen LogP contribution in [0, 0.1) is 0 Å². The number of rotatable bonds is 5. The summed E-state index contributed by atoms with van der Waals surface area (Å²) >= 11 is 0. The van der Waals surface area contributed by atoms with Gasteiger partial charge in [0.2, 0.25) is 0 Å².